The Morgan fingerprint density at radius 1 is 1.12 bits per heavy atom. The van der Waals surface area contributed by atoms with Gasteiger partial charge in [-0.2, -0.15) is 0 Å². The molecule has 0 N–H and O–H groups in total. The molecule has 0 saturated carbocycles. The third kappa shape index (κ3) is 7.91. The first-order chi connectivity index (χ1) is 7.61. The Balaban J connectivity index is 3.98. The Labute approximate surface area is 106 Å². The van der Waals surface area contributed by atoms with Crippen LogP contribution in [0.15, 0.2) is 0 Å². The van der Waals surface area contributed by atoms with Gasteiger partial charge in [-0.05, 0) is 31.0 Å². The molecular weight excluding hydrogens is 218 g/mol. The summed E-state index contributed by atoms with van der Waals surface area (Å²) in [5, 5.41) is 0.690. The van der Waals surface area contributed by atoms with Gasteiger partial charge in [0.1, 0.15) is 0 Å². The van der Waals surface area contributed by atoms with Gasteiger partial charge in [-0.3, -0.25) is 0 Å². The minimum atomic E-state index is 0.539. The first-order valence-corrected chi connectivity index (χ1v) is 6.94. The molecule has 96 valence electrons. The molecule has 0 fully saturated rings. The second kappa shape index (κ2) is 9.88. The SMILES string of the molecule is CCCCN(CCCC)C(=S)OCC(C)C. The van der Waals surface area contributed by atoms with Crippen molar-refractivity contribution < 1.29 is 4.74 Å². The maximum Gasteiger partial charge on any atom is 0.259 e. The van der Waals surface area contributed by atoms with E-state index >= 15 is 0 Å². The summed E-state index contributed by atoms with van der Waals surface area (Å²) >= 11 is 5.32. The number of unbranched alkanes of at least 4 members (excludes halogenated alkanes) is 2. The minimum absolute atomic E-state index is 0.539. The van der Waals surface area contributed by atoms with Crippen LogP contribution >= 0.6 is 12.2 Å². The van der Waals surface area contributed by atoms with E-state index in [0.29, 0.717) is 11.1 Å². The van der Waals surface area contributed by atoms with E-state index in [-0.39, 0.29) is 0 Å². The molecule has 0 aromatic carbocycles. The van der Waals surface area contributed by atoms with Crippen LogP contribution in [0.4, 0.5) is 0 Å². The lowest BCUT2D eigenvalue weighted by atomic mass is 10.2. The Hall–Kier alpha value is -0.310. The fraction of sp³-hybridized carbons (Fsp3) is 0.923. The number of hydrogen-bond donors (Lipinski definition) is 0. The lowest BCUT2D eigenvalue weighted by Gasteiger charge is -2.25. The molecule has 0 unspecified atom stereocenters. The summed E-state index contributed by atoms with van der Waals surface area (Å²) in [4.78, 5) is 2.21. The van der Waals surface area contributed by atoms with Crippen LogP contribution in [0.3, 0.4) is 0 Å². The van der Waals surface area contributed by atoms with Gasteiger partial charge >= 0.3 is 0 Å². The van der Waals surface area contributed by atoms with Gasteiger partial charge in [0.25, 0.3) is 5.17 Å². The molecule has 3 heteroatoms. The van der Waals surface area contributed by atoms with E-state index in [9.17, 15) is 0 Å². The summed E-state index contributed by atoms with van der Waals surface area (Å²) in [6.07, 6.45) is 4.79. The topological polar surface area (TPSA) is 12.5 Å². The van der Waals surface area contributed by atoms with Crippen LogP contribution in [0.1, 0.15) is 53.4 Å². The van der Waals surface area contributed by atoms with Gasteiger partial charge in [0.05, 0.1) is 6.61 Å². The van der Waals surface area contributed by atoms with Gasteiger partial charge in [-0.1, -0.05) is 40.5 Å². The zero-order valence-corrected chi connectivity index (χ0v) is 12.1. The molecule has 2 nitrogen and oxygen atoms in total. The van der Waals surface area contributed by atoms with Gasteiger partial charge < -0.3 is 9.64 Å². The molecule has 0 spiro atoms. The summed E-state index contributed by atoms with van der Waals surface area (Å²) in [7, 11) is 0. The number of hydrogen-bond acceptors (Lipinski definition) is 2. The van der Waals surface area contributed by atoms with Crippen molar-refractivity contribution in [3.05, 3.63) is 0 Å². The molecule has 0 saturated heterocycles. The lowest BCUT2D eigenvalue weighted by Crippen LogP contribution is -2.34. The maximum atomic E-state index is 5.62. The van der Waals surface area contributed by atoms with Crippen molar-refractivity contribution in [1.29, 1.82) is 0 Å². The highest BCUT2D eigenvalue weighted by molar-refractivity contribution is 7.80. The Morgan fingerprint density at radius 3 is 2.00 bits per heavy atom. The average Bonchev–Trinajstić information content (AvgIpc) is 2.26. The zero-order chi connectivity index (χ0) is 12.4. The second-order valence-corrected chi connectivity index (χ2v) is 5.01. The van der Waals surface area contributed by atoms with E-state index < -0.39 is 0 Å². The smallest absolute Gasteiger partial charge is 0.259 e. The maximum absolute atomic E-state index is 5.62. The van der Waals surface area contributed by atoms with Crippen LogP contribution in [0.2, 0.25) is 0 Å². The summed E-state index contributed by atoms with van der Waals surface area (Å²) in [6.45, 7) is 11.5. The Kier molecular flexibility index (Phi) is 9.69. The summed E-state index contributed by atoms with van der Waals surface area (Å²) < 4.78 is 5.62. The third-order valence-electron chi connectivity index (χ3n) is 2.36. The van der Waals surface area contributed by atoms with Gasteiger partial charge in [-0.15, -0.1) is 0 Å². The van der Waals surface area contributed by atoms with Crippen LogP contribution in [-0.2, 0) is 4.74 Å². The number of rotatable bonds is 8. The van der Waals surface area contributed by atoms with Crippen LogP contribution in [0, 0.1) is 5.92 Å². The molecular formula is C13H27NOS. The van der Waals surface area contributed by atoms with Gasteiger partial charge in [0.2, 0.25) is 0 Å². The predicted molar refractivity (Wildman–Crippen MR) is 74.8 cm³/mol. The minimum Gasteiger partial charge on any atom is -0.471 e. The third-order valence-corrected chi connectivity index (χ3v) is 2.74. The monoisotopic (exact) mass is 245 g/mol. The van der Waals surface area contributed by atoms with Crippen LogP contribution in [-0.4, -0.2) is 29.8 Å². The van der Waals surface area contributed by atoms with E-state index in [1.54, 1.807) is 0 Å². The molecule has 0 radical (unpaired) electrons. The highest BCUT2D eigenvalue weighted by Crippen LogP contribution is 2.04. The van der Waals surface area contributed by atoms with E-state index in [0.717, 1.165) is 19.7 Å². The summed E-state index contributed by atoms with van der Waals surface area (Å²) in [6, 6.07) is 0. The van der Waals surface area contributed by atoms with Gasteiger partial charge in [0, 0.05) is 13.1 Å². The van der Waals surface area contributed by atoms with Crippen LogP contribution < -0.4 is 0 Å². The average molecular weight is 245 g/mol. The molecule has 0 rings (SSSR count). The van der Waals surface area contributed by atoms with Gasteiger partial charge in [0.15, 0.2) is 0 Å². The van der Waals surface area contributed by atoms with Crippen molar-refractivity contribution in [3.8, 4) is 0 Å². The molecule has 16 heavy (non-hydrogen) atoms. The van der Waals surface area contributed by atoms with Gasteiger partial charge in [-0.25, -0.2) is 0 Å². The molecule has 0 bridgehead atoms. The highest BCUT2D eigenvalue weighted by atomic mass is 32.1. The molecule has 0 aromatic rings. The van der Waals surface area contributed by atoms with Crippen molar-refractivity contribution >= 4 is 17.4 Å². The number of ether oxygens (including phenoxy) is 1. The Bertz CT molecular complexity index is 175. The summed E-state index contributed by atoms with van der Waals surface area (Å²) in [5.41, 5.74) is 0. The predicted octanol–water partition coefficient (Wildman–Crippen LogP) is 3.85. The lowest BCUT2D eigenvalue weighted by molar-refractivity contribution is 0.210. The molecule has 0 aromatic heterocycles. The fourth-order valence-corrected chi connectivity index (χ4v) is 1.57. The van der Waals surface area contributed by atoms with Crippen molar-refractivity contribution in [3.63, 3.8) is 0 Å². The second-order valence-electron chi connectivity index (χ2n) is 4.66. The Morgan fingerprint density at radius 2 is 1.62 bits per heavy atom. The quantitative estimate of drug-likeness (QED) is 0.603. The van der Waals surface area contributed by atoms with E-state index in [1.165, 1.54) is 25.7 Å². The molecule has 0 amide bonds. The normalized spacial score (nSPS) is 10.6. The standard InChI is InChI=1S/C13H27NOS/c1-5-7-9-14(10-8-6-2)13(16)15-11-12(3)4/h12H,5-11H2,1-4H3. The van der Waals surface area contributed by atoms with Crippen LogP contribution in [0.25, 0.3) is 0 Å². The van der Waals surface area contributed by atoms with Crippen LogP contribution in [0.5, 0.6) is 0 Å². The van der Waals surface area contributed by atoms with E-state index in [4.69, 9.17) is 17.0 Å². The molecule has 0 aliphatic heterocycles. The van der Waals surface area contributed by atoms with Crippen molar-refractivity contribution in [2.75, 3.05) is 19.7 Å². The van der Waals surface area contributed by atoms with Crippen molar-refractivity contribution in [2.24, 2.45) is 5.92 Å². The van der Waals surface area contributed by atoms with Crippen molar-refractivity contribution in [1.82, 2.24) is 4.90 Å². The first kappa shape index (κ1) is 15.7. The highest BCUT2D eigenvalue weighted by Gasteiger charge is 2.10. The van der Waals surface area contributed by atoms with E-state index in [1.807, 2.05) is 0 Å². The molecule has 0 heterocycles. The zero-order valence-electron chi connectivity index (χ0n) is 11.3. The first-order valence-electron chi connectivity index (χ1n) is 6.53. The fourth-order valence-electron chi connectivity index (χ4n) is 1.32. The number of nitrogens with zero attached hydrogens (tertiary/aromatic N) is 1. The van der Waals surface area contributed by atoms with E-state index in [2.05, 4.69) is 32.6 Å². The molecule has 0 atom stereocenters. The molecule has 0 aliphatic carbocycles. The molecule has 0 aliphatic rings. The van der Waals surface area contributed by atoms with Crippen molar-refractivity contribution in [2.45, 2.75) is 53.4 Å². The number of thiocarbonyl (C=S) groups is 1. The summed E-state index contributed by atoms with van der Waals surface area (Å²) in [5.74, 6) is 0.539. The largest absolute Gasteiger partial charge is 0.471 e.